The second kappa shape index (κ2) is 6.39. The first-order valence-corrected chi connectivity index (χ1v) is 6.93. The number of hydrogen-bond acceptors (Lipinski definition) is 2. The minimum absolute atomic E-state index is 0.109. The Hall–Kier alpha value is -0.570. The smallest absolute Gasteiger partial charge is 0.223 e. The monoisotopic (exact) mass is 241 g/mol. The summed E-state index contributed by atoms with van der Waals surface area (Å²) in [6.45, 7) is 6.80. The van der Waals surface area contributed by atoms with E-state index in [9.17, 15) is 9.90 Å². The summed E-state index contributed by atoms with van der Waals surface area (Å²) in [5.41, 5.74) is 0.109. The maximum absolute atomic E-state index is 12.1. The molecule has 1 aliphatic carbocycles. The molecule has 1 amide bonds. The zero-order valence-corrected chi connectivity index (χ0v) is 11.5. The predicted octanol–water partition coefficient (Wildman–Crippen LogP) is 2.48. The van der Waals surface area contributed by atoms with Crippen molar-refractivity contribution in [1.82, 2.24) is 5.32 Å². The first-order valence-electron chi connectivity index (χ1n) is 6.93. The Morgan fingerprint density at radius 1 is 1.47 bits per heavy atom. The van der Waals surface area contributed by atoms with Crippen LogP contribution < -0.4 is 5.32 Å². The molecule has 0 saturated heterocycles. The lowest BCUT2D eigenvalue weighted by atomic mass is 9.68. The normalized spacial score (nSPS) is 25.3. The molecule has 0 radical (unpaired) electrons. The minimum Gasteiger partial charge on any atom is -0.391 e. The SMILES string of the molecule is CCCC(O)CNC(=O)C1CCCCC1(C)C. The molecule has 17 heavy (non-hydrogen) atoms. The summed E-state index contributed by atoms with van der Waals surface area (Å²) < 4.78 is 0. The number of amides is 1. The molecule has 1 aliphatic rings. The van der Waals surface area contributed by atoms with E-state index in [-0.39, 0.29) is 17.2 Å². The summed E-state index contributed by atoms with van der Waals surface area (Å²) in [7, 11) is 0. The average Bonchev–Trinajstić information content (AvgIpc) is 2.26. The molecular formula is C14H27NO2. The third kappa shape index (κ3) is 4.30. The molecule has 0 spiro atoms. The van der Waals surface area contributed by atoms with Crippen LogP contribution in [-0.2, 0) is 4.79 Å². The van der Waals surface area contributed by atoms with Gasteiger partial charge in [0.25, 0.3) is 0 Å². The van der Waals surface area contributed by atoms with Crippen molar-refractivity contribution in [3.05, 3.63) is 0 Å². The van der Waals surface area contributed by atoms with E-state index in [1.165, 1.54) is 6.42 Å². The Bertz CT molecular complexity index is 251. The van der Waals surface area contributed by atoms with E-state index in [0.717, 1.165) is 32.1 Å². The summed E-state index contributed by atoms with van der Waals surface area (Å²) in [4.78, 5) is 12.1. The van der Waals surface area contributed by atoms with E-state index in [0.29, 0.717) is 6.54 Å². The maximum atomic E-state index is 12.1. The molecule has 2 unspecified atom stereocenters. The van der Waals surface area contributed by atoms with Gasteiger partial charge in [-0.2, -0.15) is 0 Å². The molecule has 0 heterocycles. The predicted molar refractivity (Wildman–Crippen MR) is 69.7 cm³/mol. The first-order chi connectivity index (χ1) is 7.97. The fourth-order valence-electron chi connectivity index (χ4n) is 2.76. The van der Waals surface area contributed by atoms with E-state index in [1.54, 1.807) is 0 Å². The molecule has 1 saturated carbocycles. The second-order valence-corrected chi connectivity index (χ2v) is 5.97. The van der Waals surface area contributed by atoms with Crippen LogP contribution in [0.1, 0.15) is 59.3 Å². The zero-order chi connectivity index (χ0) is 12.9. The molecular weight excluding hydrogens is 214 g/mol. The van der Waals surface area contributed by atoms with E-state index in [4.69, 9.17) is 0 Å². The van der Waals surface area contributed by atoms with Crippen molar-refractivity contribution in [2.45, 2.75) is 65.4 Å². The third-order valence-electron chi connectivity index (χ3n) is 3.96. The van der Waals surface area contributed by atoms with Gasteiger partial charge in [0.2, 0.25) is 5.91 Å². The van der Waals surface area contributed by atoms with Gasteiger partial charge < -0.3 is 10.4 Å². The van der Waals surface area contributed by atoms with Gasteiger partial charge in [0, 0.05) is 12.5 Å². The van der Waals surface area contributed by atoms with E-state index in [1.807, 2.05) is 6.92 Å². The number of carbonyl (C=O) groups excluding carboxylic acids is 1. The van der Waals surface area contributed by atoms with Crippen molar-refractivity contribution >= 4 is 5.91 Å². The standard InChI is InChI=1S/C14H27NO2/c1-4-7-11(16)10-15-13(17)12-8-5-6-9-14(12,2)3/h11-12,16H,4-10H2,1-3H3,(H,15,17). The highest BCUT2D eigenvalue weighted by Gasteiger charge is 2.36. The Morgan fingerprint density at radius 3 is 2.76 bits per heavy atom. The molecule has 0 aromatic carbocycles. The van der Waals surface area contributed by atoms with E-state index < -0.39 is 6.10 Å². The largest absolute Gasteiger partial charge is 0.391 e. The summed E-state index contributed by atoms with van der Waals surface area (Å²) in [5, 5.41) is 12.5. The van der Waals surface area contributed by atoms with Crippen molar-refractivity contribution in [3.63, 3.8) is 0 Å². The Labute approximate surface area is 105 Å². The fraction of sp³-hybridized carbons (Fsp3) is 0.929. The van der Waals surface area contributed by atoms with Gasteiger partial charge in [-0.25, -0.2) is 0 Å². The molecule has 3 nitrogen and oxygen atoms in total. The van der Waals surface area contributed by atoms with E-state index in [2.05, 4.69) is 19.2 Å². The number of rotatable bonds is 5. The molecule has 3 heteroatoms. The first kappa shape index (κ1) is 14.5. The van der Waals surface area contributed by atoms with Crippen LogP contribution in [0, 0.1) is 11.3 Å². The molecule has 1 fully saturated rings. The van der Waals surface area contributed by atoms with Crippen molar-refractivity contribution in [1.29, 1.82) is 0 Å². The molecule has 100 valence electrons. The number of aliphatic hydroxyl groups excluding tert-OH is 1. The molecule has 1 rings (SSSR count). The highest BCUT2D eigenvalue weighted by Crippen LogP contribution is 2.40. The second-order valence-electron chi connectivity index (χ2n) is 5.97. The van der Waals surface area contributed by atoms with Crippen LogP contribution in [0.15, 0.2) is 0 Å². The van der Waals surface area contributed by atoms with Gasteiger partial charge >= 0.3 is 0 Å². The minimum atomic E-state index is -0.393. The van der Waals surface area contributed by atoms with Crippen LogP contribution in [0.2, 0.25) is 0 Å². The Balaban J connectivity index is 2.41. The fourth-order valence-corrected chi connectivity index (χ4v) is 2.76. The van der Waals surface area contributed by atoms with Gasteiger partial charge in [-0.3, -0.25) is 4.79 Å². The number of hydrogen-bond donors (Lipinski definition) is 2. The van der Waals surface area contributed by atoms with Crippen LogP contribution in [0.25, 0.3) is 0 Å². The zero-order valence-electron chi connectivity index (χ0n) is 11.5. The van der Waals surface area contributed by atoms with Crippen molar-refractivity contribution < 1.29 is 9.90 Å². The summed E-state index contributed by atoms with van der Waals surface area (Å²) in [5.74, 6) is 0.245. The molecule has 0 aliphatic heterocycles. The van der Waals surface area contributed by atoms with Gasteiger partial charge in [0.05, 0.1) is 6.10 Å². The summed E-state index contributed by atoms with van der Waals surface area (Å²) in [6, 6.07) is 0. The third-order valence-corrected chi connectivity index (χ3v) is 3.96. The lowest BCUT2D eigenvalue weighted by Gasteiger charge is -2.37. The van der Waals surface area contributed by atoms with Gasteiger partial charge in [-0.1, -0.05) is 40.0 Å². The van der Waals surface area contributed by atoms with Crippen molar-refractivity contribution in [2.24, 2.45) is 11.3 Å². The van der Waals surface area contributed by atoms with Crippen molar-refractivity contribution in [2.75, 3.05) is 6.54 Å². The summed E-state index contributed by atoms with van der Waals surface area (Å²) >= 11 is 0. The van der Waals surface area contributed by atoms with Crippen LogP contribution in [-0.4, -0.2) is 23.7 Å². The lowest BCUT2D eigenvalue weighted by Crippen LogP contribution is -2.43. The maximum Gasteiger partial charge on any atom is 0.223 e. The van der Waals surface area contributed by atoms with Gasteiger partial charge in [0.1, 0.15) is 0 Å². The quantitative estimate of drug-likeness (QED) is 0.777. The van der Waals surface area contributed by atoms with Gasteiger partial charge in [-0.15, -0.1) is 0 Å². The number of nitrogens with one attached hydrogen (secondary N) is 1. The molecule has 0 bridgehead atoms. The molecule has 0 aromatic rings. The van der Waals surface area contributed by atoms with Crippen LogP contribution in [0.5, 0.6) is 0 Å². The Morgan fingerprint density at radius 2 is 2.18 bits per heavy atom. The highest BCUT2D eigenvalue weighted by molar-refractivity contribution is 5.79. The lowest BCUT2D eigenvalue weighted by molar-refractivity contribution is -0.130. The molecule has 2 N–H and O–H groups in total. The van der Waals surface area contributed by atoms with Crippen LogP contribution in [0.3, 0.4) is 0 Å². The Kier molecular flexibility index (Phi) is 5.44. The van der Waals surface area contributed by atoms with E-state index >= 15 is 0 Å². The van der Waals surface area contributed by atoms with Crippen molar-refractivity contribution in [3.8, 4) is 0 Å². The number of aliphatic hydroxyl groups is 1. The topological polar surface area (TPSA) is 49.3 Å². The van der Waals surface area contributed by atoms with Gasteiger partial charge in [-0.05, 0) is 24.7 Å². The summed E-state index contributed by atoms with van der Waals surface area (Å²) in [6.07, 6.45) is 5.82. The highest BCUT2D eigenvalue weighted by atomic mass is 16.3. The average molecular weight is 241 g/mol. The van der Waals surface area contributed by atoms with Crippen LogP contribution in [0.4, 0.5) is 0 Å². The van der Waals surface area contributed by atoms with Crippen LogP contribution >= 0.6 is 0 Å². The number of carbonyl (C=O) groups is 1. The molecule has 0 aromatic heterocycles. The molecule has 2 atom stereocenters. The van der Waals surface area contributed by atoms with Gasteiger partial charge in [0.15, 0.2) is 0 Å².